The molecule has 0 aliphatic heterocycles. The van der Waals surface area contributed by atoms with E-state index in [0.29, 0.717) is 32.8 Å². The molecule has 0 saturated carbocycles. The van der Waals surface area contributed by atoms with Crippen LogP contribution in [0.5, 0.6) is 0 Å². The monoisotopic (exact) mass is 404 g/mol. The van der Waals surface area contributed by atoms with Gasteiger partial charge in [0.1, 0.15) is 11.7 Å². The van der Waals surface area contributed by atoms with Crippen LogP contribution in [0.2, 0.25) is 15.1 Å². The van der Waals surface area contributed by atoms with E-state index < -0.39 is 4.75 Å². The summed E-state index contributed by atoms with van der Waals surface area (Å²) in [7, 11) is 0. The van der Waals surface area contributed by atoms with E-state index in [1.165, 1.54) is 23.9 Å². The number of benzene rings is 2. The molecular formula is C17H16Cl3FN2S. The van der Waals surface area contributed by atoms with E-state index >= 15 is 0 Å². The Labute approximate surface area is 160 Å². The normalized spacial score (nSPS) is 13.5. The number of thioether (sulfide) groups is 1. The van der Waals surface area contributed by atoms with Crippen LogP contribution >= 0.6 is 46.6 Å². The number of nitrogens with two attached hydrogens (primary N) is 1. The van der Waals surface area contributed by atoms with E-state index in [4.69, 9.17) is 45.9 Å². The van der Waals surface area contributed by atoms with Crippen molar-refractivity contribution in [2.24, 2.45) is 5.73 Å². The van der Waals surface area contributed by atoms with E-state index in [1.54, 1.807) is 24.3 Å². The highest BCUT2D eigenvalue weighted by atomic mass is 35.5. The number of hydrogen-bond acceptors (Lipinski definition) is 2. The Balaban J connectivity index is 2.21. The van der Waals surface area contributed by atoms with E-state index in [0.717, 1.165) is 5.56 Å². The van der Waals surface area contributed by atoms with Crippen molar-refractivity contribution in [2.75, 3.05) is 0 Å². The Morgan fingerprint density at radius 2 is 1.83 bits per heavy atom. The summed E-state index contributed by atoms with van der Waals surface area (Å²) in [5.41, 5.74) is 6.80. The zero-order valence-electron chi connectivity index (χ0n) is 12.9. The van der Waals surface area contributed by atoms with Gasteiger partial charge in [0.25, 0.3) is 0 Å². The average molecular weight is 406 g/mol. The Kier molecular flexibility index (Phi) is 6.43. The van der Waals surface area contributed by atoms with Crippen molar-refractivity contribution in [1.29, 1.82) is 5.41 Å². The van der Waals surface area contributed by atoms with Gasteiger partial charge in [-0.2, -0.15) is 0 Å². The summed E-state index contributed by atoms with van der Waals surface area (Å²) in [4.78, 5) is 0.672. The molecule has 2 nitrogen and oxygen atoms in total. The Hall–Kier alpha value is -0.940. The zero-order valence-corrected chi connectivity index (χ0v) is 16.0. The highest BCUT2D eigenvalue weighted by Gasteiger charge is 2.30. The van der Waals surface area contributed by atoms with Crippen LogP contribution in [0.25, 0.3) is 0 Å². The number of aryl methyl sites for hydroxylation is 1. The molecular weight excluding hydrogens is 390 g/mol. The number of hydrogen-bond donors (Lipinski definition) is 2. The van der Waals surface area contributed by atoms with Crippen LogP contribution < -0.4 is 5.73 Å². The standard InChI is InChI=1S/C17H16Cl3FN2S/c1-17(16(22)23,7-6-10-2-4-12(21)5-3-10)24-14-9-11(18)8-13(19)15(14)20/h2-5,8-9H,6-7H2,1H3,(H3,22,23). The van der Waals surface area contributed by atoms with Crippen molar-refractivity contribution >= 4 is 52.4 Å². The molecule has 128 valence electrons. The molecule has 0 radical (unpaired) electrons. The first-order valence-electron chi connectivity index (χ1n) is 7.14. The summed E-state index contributed by atoms with van der Waals surface area (Å²) in [6.45, 7) is 1.87. The van der Waals surface area contributed by atoms with Crippen LogP contribution in [0.15, 0.2) is 41.3 Å². The molecule has 0 spiro atoms. The fraction of sp³-hybridized carbons (Fsp3) is 0.235. The molecule has 0 amide bonds. The third-order valence-electron chi connectivity index (χ3n) is 3.67. The predicted molar refractivity (Wildman–Crippen MR) is 102 cm³/mol. The summed E-state index contributed by atoms with van der Waals surface area (Å²) >= 11 is 19.7. The molecule has 1 atom stereocenters. The molecule has 2 rings (SSSR count). The predicted octanol–water partition coefficient (Wildman–Crippen LogP) is 6.21. The lowest BCUT2D eigenvalue weighted by Gasteiger charge is -2.28. The minimum atomic E-state index is -0.688. The lowest BCUT2D eigenvalue weighted by Crippen LogP contribution is -2.37. The van der Waals surface area contributed by atoms with Crippen LogP contribution in [-0.2, 0) is 6.42 Å². The van der Waals surface area contributed by atoms with Crippen molar-refractivity contribution in [3.8, 4) is 0 Å². The van der Waals surface area contributed by atoms with Gasteiger partial charge in [-0.15, -0.1) is 11.8 Å². The fourth-order valence-electron chi connectivity index (χ4n) is 2.12. The van der Waals surface area contributed by atoms with Gasteiger partial charge >= 0.3 is 0 Å². The van der Waals surface area contributed by atoms with Gasteiger partial charge in [-0.1, -0.05) is 46.9 Å². The second-order valence-electron chi connectivity index (χ2n) is 5.57. The van der Waals surface area contributed by atoms with Crippen molar-refractivity contribution in [3.63, 3.8) is 0 Å². The molecule has 3 N–H and O–H groups in total. The minimum Gasteiger partial charge on any atom is -0.386 e. The lowest BCUT2D eigenvalue weighted by molar-refractivity contribution is 0.626. The van der Waals surface area contributed by atoms with Crippen LogP contribution in [-0.4, -0.2) is 10.6 Å². The molecule has 0 bridgehead atoms. The summed E-state index contributed by atoms with van der Waals surface area (Å²) in [6, 6.07) is 9.56. The van der Waals surface area contributed by atoms with E-state index in [1.807, 2.05) is 6.92 Å². The van der Waals surface area contributed by atoms with Gasteiger partial charge in [0.2, 0.25) is 0 Å². The van der Waals surface area contributed by atoms with Crippen LogP contribution in [0.3, 0.4) is 0 Å². The molecule has 2 aromatic rings. The van der Waals surface area contributed by atoms with Gasteiger partial charge < -0.3 is 5.73 Å². The summed E-state index contributed by atoms with van der Waals surface area (Å²) in [5.74, 6) is -0.246. The average Bonchev–Trinajstić information content (AvgIpc) is 2.51. The van der Waals surface area contributed by atoms with Gasteiger partial charge in [0.05, 0.1) is 14.8 Å². The number of nitrogens with one attached hydrogen (secondary N) is 1. The molecule has 1 unspecified atom stereocenters. The maximum Gasteiger partial charge on any atom is 0.123 e. The van der Waals surface area contributed by atoms with Gasteiger partial charge in [0, 0.05) is 9.92 Å². The third-order valence-corrected chi connectivity index (χ3v) is 6.22. The second kappa shape index (κ2) is 7.96. The van der Waals surface area contributed by atoms with Gasteiger partial charge in [-0.05, 0) is 49.6 Å². The minimum absolute atomic E-state index is 0.0294. The van der Waals surface area contributed by atoms with Gasteiger partial charge in [0.15, 0.2) is 0 Å². The zero-order chi connectivity index (χ0) is 17.9. The first kappa shape index (κ1) is 19.4. The quantitative estimate of drug-likeness (QED) is 0.260. The number of rotatable bonds is 6. The number of halogens is 4. The summed E-state index contributed by atoms with van der Waals surface area (Å²) in [6.07, 6.45) is 1.23. The van der Waals surface area contributed by atoms with Crippen LogP contribution in [0, 0.1) is 11.2 Å². The molecule has 0 aliphatic carbocycles. The smallest absolute Gasteiger partial charge is 0.123 e. The van der Waals surface area contributed by atoms with Crippen LogP contribution in [0.1, 0.15) is 18.9 Å². The van der Waals surface area contributed by atoms with Gasteiger partial charge in [-0.3, -0.25) is 5.41 Å². The van der Waals surface area contributed by atoms with Crippen molar-refractivity contribution in [3.05, 3.63) is 62.8 Å². The molecule has 24 heavy (non-hydrogen) atoms. The second-order valence-corrected chi connectivity index (χ2v) is 8.34. The van der Waals surface area contributed by atoms with E-state index in [9.17, 15) is 4.39 Å². The maximum absolute atomic E-state index is 13.0. The Morgan fingerprint density at radius 1 is 1.21 bits per heavy atom. The van der Waals surface area contributed by atoms with E-state index in [-0.39, 0.29) is 11.7 Å². The molecule has 0 aromatic heterocycles. The first-order valence-corrected chi connectivity index (χ1v) is 9.09. The third kappa shape index (κ3) is 4.79. The Morgan fingerprint density at radius 3 is 2.42 bits per heavy atom. The molecule has 0 saturated heterocycles. The summed E-state index contributed by atoms with van der Waals surface area (Å²) in [5, 5.41) is 9.18. The lowest BCUT2D eigenvalue weighted by atomic mass is 9.99. The largest absolute Gasteiger partial charge is 0.386 e. The van der Waals surface area contributed by atoms with Crippen LogP contribution in [0.4, 0.5) is 4.39 Å². The molecule has 7 heteroatoms. The SMILES string of the molecule is CC(CCc1ccc(F)cc1)(Sc1cc(Cl)cc(Cl)c1Cl)C(=N)N. The first-order chi connectivity index (χ1) is 11.2. The molecule has 2 aromatic carbocycles. The highest BCUT2D eigenvalue weighted by Crippen LogP contribution is 2.43. The number of amidine groups is 1. The molecule has 0 aliphatic rings. The van der Waals surface area contributed by atoms with Crippen molar-refractivity contribution in [2.45, 2.75) is 29.4 Å². The highest BCUT2D eigenvalue weighted by molar-refractivity contribution is 8.01. The fourth-order valence-corrected chi connectivity index (χ4v) is 4.15. The summed E-state index contributed by atoms with van der Waals surface area (Å²) < 4.78 is 12.3. The van der Waals surface area contributed by atoms with Crippen molar-refractivity contribution in [1.82, 2.24) is 0 Å². The van der Waals surface area contributed by atoms with Gasteiger partial charge in [-0.25, -0.2) is 4.39 Å². The Bertz CT molecular complexity index is 752. The maximum atomic E-state index is 13.0. The molecule has 0 fully saturated rings. The van der Waals surface area contributed by atoms with Crippen molar-refractivity contribution < 1.29 is 4.39 Å². The van der Waals surface area contributed by atoms with E-state index in [2.05, 4.69) is 0 Å². The molecule has 0 heterocycles. The topological polar surface area (TPSA) is 49.9 Å².